The van der Waals surface area contributed by atoms with E-state index in [1.165, 1.54) is 16.2 Å². The van der Waals surface area contributed by atoms with Crippen molar-refractivity contribution in [2.24, 2.45) is 5.73 Å². The molecule has 0 saturated carbocycles. The van der Waals surface area contributed by atoms with Crippen LogP contribution < -0.4 is 10.6 Å². The van der Waals surface area contributed by atoms with E-state index in [2.05, 4.69) is 19.9 Å². The van der Waals surface area contributed by atoms with Crippen LogP contribution in [0.5, 0.6) is 0 Å². The van der Waals surface area contributed by atoms with Gasteiger partial charge in [0.05, 0.1) is 29.0 Å². The van der Waals surface area contributed by atoms with Crippen molar-refractivity contribution in [3.05, 3.63) is 54.7 Å². The largest absolute Gasteiger partial charge is 0.465 e. The quantitative estimate of drug-likeness (QED) is 0.384. The Bertz CT molecular complexity index is 1420. The smallest absolute Gasteiger partial charge is 0.407 e. The molecule has 1 aliphatic rings. The summed E-state index contributed by atoms with van der Waals surface area (Å²) < 4.78 is 0.859. The molecule has 0 spiro atoms. The fourth-order valence-corrected chi connectivity index (χ4v) is 5.12. The number of carboxylic acid groups (broad SMARTS) is 1. The molecular weight excluding hydrogens is 470 g/mol. The molecule has 1 saturated heterocycles. The van der Waals surface area contributed by atoms with E-state index in [1.54, 1.807) is 18.6 Å². The zero-order chi connectivity index (χ0) is 24.7. The highest BCUT2D eigenvalue weighted by atomic mass is 32.1. The number of aromatic nitrogens is 4. The molecule has 0 unspecified atom stereocenters. The number of hydrogen-bond acceptors (Lipinski definition) is 8. The van der Waals surface area contributed by atoms with Crippen LogP contribution in [-0.4, -0.2) is 66.8 Å². The number of rotatable bonds is 5. The number of carbonyl (C=O) groups is 2. The Hall–Kier alpha value is -4.16. The molecule has 4 heterocycles. The van der Waals surface area contributed by atoms with E-state index in [1.807, 2.05) is 37.3 Å². The van der Waals surface area contributed by atoms with Gasteiger partial charge in [-0.1, -0.05) is 17.4 Å². The second-order valence-corrected chi connectivity index (χ2v) is 9.11. The number of anilines is 1. The lowest BCUT2D eigenvalue weighted by molar-refractivity contribution is -0.0957. The Morgan fingerprint density at radius 2 is 1.91 bits per heavy atom. The molecule has 3 amide bonds. The normalized spacial score (nSPS) is 14.5. The standard InChI is InChI=1S/C23H21N7O4S/c1-2-30(20(24)31)21-28-17-8-13(7-15(18(17)35-21)16-5-3-4-6-25-16)14-9-26-19(27-10-14)23(34)11-29(12-23)22(32)33/h3-10,34H,2,11-12H2,1H3,(H2,24,31)(H,32,33). The number of nitrogens with zero attached hydrogens (tertiary/aromatic N) is 6. The summed E-state index contributed by atoms with van der Waals surface area (Å²) in [6, 6.07) is 8.86. The number of β-amino-alcohol motifs (C(OH)–C–C–N with tert-alkyl or cyclic N) is 1. The first-order chi connectivity index (χ1) is 16.8. The molecule has 11 nitrogen and oxygen atoms in total. The van der Waals surface area contributed by atoms with Crippen molar-refractivity contribution in [3.8, 4) is 22.4 Å². The number of amides is 3. The lowest BCUT2D eigenvalue weighted by atomic mass is 9.93. The first kappa shape index (κ1) is 22.6. The van der Waals surface area contributed by atoms with Gasteiger partial charge >= 0.3 is 12.1 Å². The van der Waals surface area contributed by atoms with Gasteiger partial charge in [0.25, 0.3) is 0 Å². The fraction of sp³-hybridized carbons (Fsp3) is 0.217. The van der Waals surface area contributed by atoms with Crippen LogP contribution in [0.1, 0.15) is 12.7 Å². The summed E-state index contributed by atoms with van der Waals surface area (Å²) in [6.45, 7) is 2.06. The van der Waals surface area contributed by atoms with E-state index in [0.29, 0.717) is 22.8 Å². The summed E-state index contributed by atoms with van der Waals surface area (Å²) in [5.41, 5.74) is 7.83. The number of carbonyl (C=O) groups excluding carboxylic acids is 1. The summed E-state index contributed by atoms with van der Waals surface area (Å²) in [5.74, 6) is 0.167. The molecule has 178 valence electrons. The SMILES string of the molecule is CCN(C(N)=O)c1nc2cc(-c3cnc(C4(O)CN(C(=O)O)C4)nc3)cc(-c3ccccn3)c2s1. The Labute approximate surface area is 203 Å². The molecule has 1 aromatic carbocycles. The van der Waals surface area contributed by atoms with Gasteiger partial charge < -0.3 is 20.8 Å². The minimum Gasteiger partial charge on any atom is -0.465 e. The number of benzene rings is 1. The van der Waals surface area contributed by atoms with Gasteiger partial charge in [-0.15, -0.1) is 0 Å². The van der Waals surface area contributed by atoms with Crippen molar-refractivity contribution in [1.29, 1.82) is 0 Å². The van der Waals surface area contributed by atoms with Crippen molar-refractivity contribution in [3.63, 3.8) is 0 Å². The van der Waals surface area contributed by atoms with Gasteiger partial charge in [0.15, 0.2) is 16.6 Å². The second kappa shape index (κ2) is 8.56. The Morgan fingerprint density at radius 1 is 1.17 bits per heavy atom. The minimum absolute atomic E-state index is 0.0765. The van der Waals surface area contributed by atoms with Crippen molar-refractivity contribution in [2.75, 3.05) is 24.5 Å². The lowest BCUT2D eigenvalue weighted by Crippen LogP contribution is -2.61. The second-order valence-electron chi connectivity index (χ2n) is 8.13. The van der Waals surface area contributed by atoms with Gasteiger partial charge in [-0.2, -0.15) is 0 Å². The maximum atomic E-state index is 11.9. The number of fused-ring (bicyclic) bond motifs is 1. The molecule has 1 fully saturated rings. The monoisotopic (exact) mass is 491 g/mol. The summed E-state index contributed by atoms with van der Waals surface area (Å²) in [4.78, 5) is 43.2. The van der Waals surface area contributed by atoms with Crippen molar-refractivity contribution >= 4 is 38.8 Å². The van der Waals surface area contributed by atoms with Crippen LogP contribution in [0, 0.1) is 0 Å². The molecule has 0 atom stereocenters. The maximum absolute atomic E-state index is 11.9. The average molecular weight is 492 g/mol. The average Bonchev–Trinajstić information content (AvgIpc) is 3.25. The molecule has 0 radical (unpaired) electrons. The number of primary amides is 1. The van der Waals surface area contributed by atoms with E-state index < -0.39 is 17.7 Å². The van der Waals surface area contributed by atoms with Gasteiger partial charge in [0.2, 0.25) is 0 Å². The highest BCUT2D eigenvalue weighted by Crippen LogP contribution is 2.39. The molecule has 35 heavy (non-hydrogen) atoms. The highest BCUT2D eigenvalue weighted by Gasteiger charge is 2.47. The van der Waals surface area contributed by atoms with Crippen LogP contribution in [0.2, 0.25) is 0 Å². The number of nitrogens with two attached hydrogens (primary N) is 1. The number of aliphatic hydroxyl groups is 1. The molecule has 1 aliphatic heterocycles. The van der Waals surface area contributed by atoms with E-state index in [0.717, 1.165) is 26.4 Å². The van der Waals surface area contributed by atoms with Crippen molar-refractivity contribution < 1.29 is 19.8 Å². The number of thiazole rings is 1. The highest BCUT2D eigenvalue weighted by molar-refractivity contribution is 7.23. The van der Waals surface area contributed by atoms with Crippen LogP contribution in [0.3, 0.4) is 0 Å². The lowest BCUT2D eigenvalue weighted by Gasteiger charge is -2.43. The molecule has 4 N–H and O–H groups in total. The Balaban J connectivity index is 1.57. The van der Waals surface area contributed by atoms with E-state index >= 15 is 0 Å². The molecular formula is C23H21N7O4S. The molecule has 12 heteroatoms. The van der Waals surface area contributed by atoms with Gasteiger partial charge in [-0.05, 0) is 36.8 Å². The first-order valence-corrected chi connectivity index (χ1v) is 11.6. The Kier molecular flexibility index (Phi) is 5.53. The number of likely N-dealkylation sites (tertiary alicyclic amines) is 1. The third-order valence-corrected chi connectivity index (χ3v) is 6.94. The van der Waals surface area contributed by atoms with Crippen LogP contribution in [0.15, 0.2) is 48.9 Å². The molecule has 5 rings (SSSR count). The molecule has 0 bridgehead atoms. The van der Waals surface area contributed by atoms with Crippen LogP contribution >= 0.6 is 11.3 Å². The van der Waals surface area contributed by atoms with E-state index in [-0.39, 0.29) is 18.9 Å². The van der Waals surface area contributed by atoms with Gasteiger partial charge in [0.1, 0.15) is 0 Å². The van der Waals surface area contributed by atoms with Crippen LogP contribution in [0.4, 0.5) is 14.7 Å². The number of urea groups is 1. The summed E-state index contributed by atoms with van der Waals surface area (Å²) in [7, 11) is 0. The third-order valence-electron chi connectivity index (χ3n) is 5.81. The van der Waals surface area contributed by atoms with Crippen molar-refractivity contribution in [2.45, 2.75) is 12.5 Å². The third kappa shape index (κ3) is 4.02. The van der Waals surface area contributed by atoms with E-state index in [9.17, 15) is 14.7 Å². The predicted molar refractivity (Wildman–Crippen MR) is 130 cm³/mol. The summed E-state index contributed by atoms with van der Waals surface area (Å²) in [6.07, 6.45) is 3.78. The summed E-state index contributed by atoms with van der Waals surface area (Å²) in [5, 5.41) is 20.2. The minimum atomic E-state index is -1.40. The zero-order valence-electron chi connectivity index (χ0n) is 18.6. The van der Waals surface area contributed by atoms with Gasteiger partial charge in [-0.3, -0.25) is 9.88 Å². The summed E-state index contributed by atoms with van der Waals surface area (Å²) >= 11 is 1.36. The van der Waals surface area contributed by atoms with E-state index in [4.69, 9.17) is 10.8 Å². The fourth-order valence-electron chi connectivity index (χ4n) is 3.98. The molecule has 4 aromatic rings. The van der Waals surface area contributed by atoms with Crippen LogP contribution in [0.25, 0.3) is 32.6 Å². The first-order valence-electron chi connectivity index (χ1n) is 10.7. The maximum Gasteiger partial charge on any atom is 0.407 e. The number of hydrogen-bond donors (Lipinski definition) is 3. The number of pyridine rings is 1. The molecule has 3 aromatic heterocycles. The zero-order valence-corrected chi connectivity index (χ0v) is 19.4. The van der Waals surface area contributed by atoms with Gasteiger partial charge in [-0.25, -0.2) is 24.5 Å². The van der Waals surface area contributed by atoms with Gasteiger partial charge in [0, 0.05) is 36.3 Å². The predicted octanol–water partition coefficient (Wildman–Crippen LogP) is 2.90. The molecule has 0 aliphatic carbocycles. The Morgan fingerprint density at radius 3 is 2.51 bits per heavy atom. The van der Waals surface area contributed by atoms with Crippen LogP contribution in [-0.2, 0) is 5.60 Å². The van der Waals surface area contributed by atoms with Crippen molar-refractivity contribution in [1.82, 2.24) is 24.8 Å². The topological polar surface area (TPSA) is 159 Å².